The summed E-state index contributed by atoms with van der Waals surface area (Å²) < 4.78 is 0. The maximum absolute atomic E-state index is 10.3. The molecule has 0 rings (SSSR count). The Hall–Kier alpha value is -0.640. The fourth-order valence-corrected chi connectivity index (χ4v) is 0.892. The van der Waals surface area contributed by atoms with E-state index in [9.17, 15) is 10.1 Å². The third-order valence-corrected chi connectivity index (χ3v) is 1.69. The van der Waals surface area contributed by atoms with Crippen LogP contribution in [0.3, 0.4) is 0 Å². The molecule has 4 heteroatoms. The van der Waals surface area contributed by atoms with Gasteiger partial charge >= 0.3 is 0 Å². The van der Waals surface area contributed by atoms with Crippen molar-refractivity contribution >= 4 is 0 Å². The van der Waals surface area contributed by atoms with Gasteiger partial charge in [0.2, 0.25) is 6.04 Å². The van der Waals surface area contributed by atoms with Gasteiger partial charge in [-0.25, -0.2) is 0 Å². The number of nitrogens with zero attached hydrogens (tertiary/aromatic N) is 1. The van der Waals surface area contributed by atoms with Gasteiger partial charge in [-0.3, -0.25) is 10.1 Å². The Morgan fingerprint density at radius 1 is 1.55 bits per heavy atom. The van der Waals surface area contributed by atoms with Gasteiger partial charge < -0.3 is 5.11 Å². The van der Waals surface area contributed by atoms with Crippen molar-refractivity contribution in [2.24, 2.45) is 0 Å². The van der Waals surface area contributed by atoms with Crippen LogP contribution >= 0.6 is 0 Å². The van der Waals surface area contributed by atoms with E-state index < -0.39 is 12.1 Å². The lowest BCUT2D eigenvalue weighted by Crippen LogP contribution is -2.19. The molecule has 0 bridgehead atoms. The lowest BCUT2D eigenvalue weighted by atomic mass is 10.1. The Morgan fingerprint density at radius 3 is 2.36 bits per heavy atom. The number of aliphatic hydroxyl groups excluding tert-OH is 1. The standard InChI is InChI=1S/C7H15NO3/c1-3-7(8(10)11)5-4-6(2)9/h6-7,9H,3-5H2,1-2H3. The van der Waals surface area contributed by atoms with Crippen molar-refractivity contribution < 1.29 is 10.0 Å². The van der Waals surface area contributed by atoms with E-state index in [1.165, 1.54) is 0 Å². The second kappa shape index (κ2) is 5.07. The van der Waals surface area contributed by atoms with Gasteiger partial charge in [0, 0.05) is 17.8 Å². The maximum Gasteiger partial charge on any atom is 0.213 e. The molecule has 0 radical (unpaired) electrons. The molecule has 0 aromatic rings. The molecular weight excluding hydrogens is 146 g/mol. The molecule has 0 aromatic carbocycles. The molecule has 0 aliphatic carbocycles. The Kier molecular flexibility index (Phi) is 4.77. The van der Waals surface area contributed by atoms with E-state index >= 15 is 0 Å². The van der Waals surface area contributed by atoms with Crippen molar-refractivity contribution in [3.8, 4) is 0 Å². The number of nitro groups is 1. The summed E-state index contributed by atoms with van der Waals surface area (Å²) in [5, 5.41) is 19.1. The molecule has 0 aliphatic rings. The highest BCUT2D eigenvalue weighted by Gasteiger charge is 2.17. The average Bonchev–Trinajstić information content (AvgIpc) is 1.87. The Morgan fingerprint density at radius 2 is 2.09 bits per heavy atom. The van der Waals surface area contributed by atoms with Gasteiger partial charge in [-0.2, -0.15) is 0 Å². The fraction of sp³-hybridized carbons (Fsp3) is 1.00. The fourth-order valence-electron chi connectivity index (χ4n) is 0.892. The van der Waals surface area contributed by atoms with Crippen molar-refractivity contribution in [2.45, 2.75) is 45.3 Å². The zero-order valence-electron chi connectivity index (χ0n) is 6.99. The minimum absolute atomic E-state index is 0.275. The van der Waals surface area contributed by atoms with Gasteiger partial charge in [-0.15, -0.1) is 0 Å². The molecule has 0 aliphatic heterocycles. The molecule has 0 saturated heterocycles. The van der Waals surface area contributed by atoms with E-state index in [4.69, 9.17) is 5.11 Å². The van der Waals surface area contributed by atoms with Crippen molar-refractivity contribution in [3.05, 3.63) is 10.1 Å². The predicted octanol–water partition coefficient (Wildman–Crippen LogP) is 1.20. The first-order valence-electron chi connectivity index (χ1n) is 3.89. The topological polar surface area (TPSA) is 63.4 Å². The van der Waals surface area contributed by atoms with Crippen LogP contribution in [-0.2, 0) is 0 Å². The molecule has 0 heterocycles. The highest BCUT2D eigenvalue weighted by molar-refractivity contribution is 4.56. The molecular formula is C7H15NO3. The first-order chi connectivity index (χ1) is 5.07. The number of hydrogen-bond acceptors (Lipinski definition) is 3. The number of hydrogen-bond donors (Lipinski definition) is 1. The van der Waals surface area contributed by atoms with Crippen LogP contribution < -0.4 is 0 Å². The molecule has 0 fully saturated rings. The molecule has 0 amide bonds. The van der Waals surface area contributed by atoms with Crippen molar-refractivity contribution in [1.29, 1.82) is 0 Å². The smallest absolute Gasteiger partial charge is 0.213 e. The van der Waals surface area contributed by atoms with Gasteiger partial charge in [0.05, 0.1) is 6.10 Å². The second-order valence-electron chi connectivity index (χ2n) is 2.77. The van der Waals surface area contributed by atoms with Gasteiger partial charge in [0.1, 0.15) is 0 Å². The van der Waals surface area contributed by atoms with Crippen LogP contribution in [0.4, 0.5) is 0 Å². The SMILES string of the molecule is CCC(CCC(C)O)[N+](=O)[O-]. The monoisotopic (exact) mass is 161 g/mol. The van der Waals surface area contributed by atoms with E-state index in [2.05, 4.69) is 0 Å². The third-order valence-electron chi connectivity index (χ3n) is 1.69. The molecule has 11 heavy (non-hydrogen) atoms. The molecule has 0 spiro atoms. The zero-order valence-corrected chi connectivity index (χ0v) is 6.99. The molecule has 1 N–H and O–H groups in total. The second-order valence-corrected chi connectivity index (χ2v) is 2.77. The molecule has 66 valence electrons. The largest absolute Gasteiger partial charge is 0.393 e. The number of aliphatic hydroxyl groups is 1. The highest BCUT2D eigenvalue weighted by atomic mass is 16.6. The molecule has 2 unspecified atom stereocenters. The van der Waals surface area contributed by atoms with Crippen LogP contribution in [0.25, 0.3) is 0 Å². The van der Waals surface area contributed by atoms with Gasteiger partial charge in [-0.05, 0) is 13.3 Å². The summed E-state index contributed by atoms with van der Waals surface area (Å²) in [6.45, 7) is 3.43. The molecule has 0 saturated carbocycles. The van der Waals surface area contributed by atoms with Gasteiger partial charge in [0.15, 0.2) is 0 Å². The summed E-state index contributed by atoms with van der Waals surface area (Å²) in [7, 11) is 0. The van der Waals surface area contributed by atoms with Crippen molar-refractivity contribution in [1.82, 2.24) is 0 Å². The summed E-state index contributed by atoms with van der Waals surface area (Å²) in [6, 6.07) is -0.482. The third kappa shape index (κ3) is 4.72. The van der Waals surface area contributed by atoms with Gasteiger partial charge in [0.25, 0.3) is 0 Å². The van der Waals surface area contributed by atoms with Crippen LogP contribution in [-0.4, -0.2) is 22.2 Å². The highest BCUT2D eigenvalue weighted by Crippen LogP contribution is 2.07. The van der Waals surface area contributed by atoms with E-state index in [-0.39, 0.29) is 4.92 Å². The summed E-state index contributed by atoms with van der Waals surface area (Å²) in [5.41, 5.74) is 0. The molecule has 4 nitrogen and oxygen atoms in total. The van der Waals surface area contributed by atoms with E-state index in [0.29, 0.717) is 19.3 Å². The summed E-state index contributed by atoms with van der Waals surface area (Å²) >= 11 is 0. The van der Waals surface area contributed by atoms with Crippen LogP contribution in [0.1, 0.15) is 33.1 Å². The van der Waals surface area contributed by atoms with E-state index in [1.54, 1.807) is 13.8 Å². The summed E-state index contributed by atoms with van der Waals surface area (Å²) in [6.07, 6.45) is 1.10. The summed E-state index contributed by atoms with van der Waals surface area (Å²) in [5.74, 6) is 0. The van der Waals surface area contributed by atoms with E-state index in [0.717, 1.165) is 0 Å². The van der Waals surface area contributed by atoms with Crippen LogP contribution in [0.15, 0.2) is 0 Å². The quantitative estimate of drug-likeness (QED) is 0.486. The summed E-state index contributed by atoms with van der Waals surface area (Å²) in [4.78, 5) is 9.99. The first kappa shape index (κ1) is 10.4. The van der Waals surface area contributed by atoms with Crippen molar-refractivity contribution in [2.75, 3.05) is 0 Å². The predicted molar refractivity (Wildman–Crippen MR) is 42.0 cm³/mol. The average molecular weight is 161 g/mol. The van der Waals surface area contributed by atoms with Crippen LogP contribution in [0.2, 0.25) is 0 Å². The lowest BCUT2D eigenvalue weighted by molar-refractivity contribution is -0.524. The van der Waals surface area contributed by atoms with Crippen LogP contribution in [0, 0.1) is 10.1 Å². The number of rotatable bonds is 5. The van der Waals surface area contributed by atoms with Gasteiger partial charge in [-0.1, -0.05) is 6.92 Å². The lowest BCUT2D eigenvalue weighted by Gasteiger charge is -2.07. The van der Waals surface area contributed by atoms with Crippen LogP contribution in [0.5, 0.6) is 0 Å². The molecule has 0 aromatic heterocycles. The molecule has 2 atom stereocenters. The normalized spacial score (nSPS) is 15.9. The minimum Gasteiger partial charge on any atom is -0.393 e. The minimum atomic E-state index is -0.482. The van der Waals surface area contributed by atoms with E-state index in [1.807, 2.05) is 0 Å². The Balaban J connectivity index is 3.61. The Bertz CT molecular complexity index is 125. The van der Waals surface area contributed by atoms with Crippen molar-refractivity contribution in [3.63, 3.8) is 0 Å². The maximum atomic E-state index is 10.3. The Labute approximate surface area is 66.4 Å². The first-order valence-corrected chi connectivity index (χ1v) is 3.89. The zero-order chi connectivity index (χ0) is 8.85.